The molecular formula is C25H30FN7O. The third-order valence-corrected chi connectivity index (χ3v) is 5.64. The Morgan fingerprint density at radius 1 is 1.15 bits per heavy atom. The van der Waals surface area contributed by atoms with Gasteiger partial charge in [0.25, 0.3) is 5.91 Å². The van der Waals surface area contributed by atoms with Crippen LogP contribution in [0.5, 0.6) is 0 Å². The highest BCUT2D eigenvalue weighted by Crippen LogP contribution is 2.28. The van der Waals surface area contributed by atoms with Crippen molar-refractivity contribution in [2.24, 2.45) is 0 Å². The highest BCUT2D eigenvalue weighted by atomic mass is 19.1. The molecule has 5 rings (SSSR count). The number of imidazole rings is 1. The van der Waals surface area contributed by atoms with E-state index >= 15 is 0 Å². The number of pyridine rings is 1. The lowest BCUT2D eigenvalue weighted by Gasteiger charge is -2.34. The van der Waals surface area contributed by atoms with Gasteiger partial charge >= 0.3 is 0 Å². The van der Waals surface area contributed by atoms with E-state index in [1.807, 2.05) is 26.8 Å². The number of nitrogens with one attached hydrogen (secondary N) is 2. The van der Waals surface area contributed by atoms with Gasteiger partial charge in [-0.15, -0.1) is 0 Å². The average molecular weight is 464 g/mol. The molecule has 34 heavy (non-hydrogen) atoms. The zero-order valence-corrected chi connectivity index (χ0v) is 20.2. The lowest BCUT2D eigenvalue weighted by Crippen LogP contribution is -2.49. The molecule has 9 heteroatoms. The zero-order valence-electron chi connectivity index (χ0n) is 20.2. The number of halogens is 1. The van der Waals surface area contributed by atoms with E-state index in [0.717, 1.165) is 31.0 Å². The summed E-state index contributed by atoms with van der Waals surface area (Å²) in [5.74, 6) is -0.870. The number of nitrogens with zero attached hydrogens (tertiary/aromatic N) is 5. The van der Waals surface area contributed by atoms with Crippen LogP contribution in [-0.4, -0.2) is 50.9 Å². The number of rotatable bonds is 3. The molecule has 178 valence electrons. The number of piperazine rings is 1. The van der Waals surface area contributed by atoms with Gasteiger partial charge in [0.05, 0.1) is 28.3 Å². The molecule has 4 aromatic rings. The largest absolute Gasteiger partial charge is 0.367 e. The Bertz CT molecular complexity index is 1350. The van der Waals surface area contributed by atoms with Crippen LogP contribution in [0.1, 0.15) is 42.5 Å². The predicted molar refractivity (Wildman–Crippen MR) is 133 cm³/mol. The lowest BCUT2D eigenvalue weighted by molar-refractivity contribution is 0.102. The number of hydrogen-bond donors (Lipinski definition) is 2. The third-order valence-electron chi connectivity index (χ3n) is 5.64. The fourth-order valence-corrected chi connectivity index (χ4v) is 4.21. The van der Waals surface area contributed by atoms with Crippen molar-refractivity contribution in [3.05, 3.63) is 59.6 Å². The SMILES string of the molecule is CC.Cc1cnc2c(N3CCNC(C)C3)ccc(C(=O)Nc3cc(F)c4nc(C)cn4c3)c2n1. The van der Waals surface area contributed by atoms with Crippen LogP contribution in [0.4, 0.5) is 15.8 Å². The first-order valence-electron chi connectivity index (χ1n) is 11.6. The van der Waals surface area contributed by atoms with Crippen LogP contribution >= 0.6 is 0 Å². The predicted octanol–water partition coefficient (Wildman–Crippen LogP) is 4.11. The van der Waals surface area contributed by atoms with Crippen LogP contribution in [0, 0.1) is 19.7 Å². The van der Waals surface area contributed by atoms with Crippen LogP contribution in [0.2, 0.25) is 0 Å². The van der Waals surface area contributed by atoms with Gasteiger partial charge in [-0.1, -0.05) is 13.8 Å². The van der Waals surface area contributed by atoms with E-state index in [2.05, 4.69) is 37.4 Å². The van der Waals surface area contributed by atoms with Crippen molar-refractivity contribution in [1.82, 2.24) is 24.7 Å². The van der Waals surface area contributed by atoms with Gasteiger partial charge in [0.15, 0.2) is 11.5 Å². The maximum absolute atomic E-state index is 14.4. The van der Waals surface area contributed by atoms with Crippen LogP contribution in [-0.2, 0) is 0 Å². The molecule has 0 aliphatic carbocycles. The minimum Gasteiger partial charge on any atom is -0.367 e. The summed E-state index contributed by atoms with van der Waals surface area (Å²) in [6.45, 7) is 12.4. The van der Waals surface area contributed by atoms with Gasteiger partial charge in [0.2, 0.25) is 0 Å². The first-order chi connectivity index (χ1) is 16.4. The van der Waals surface area contributed by atoms with Crippen molar-refractivity contribution >= 4 is 34.0 Å². The number of carbonyl (C=O) groups is 1. The molecule has 3 aromatic heterocycles. The molecule has 0 spiro atoms. The van der Waals surface area contributed by atoms with Gasteiger partial charge in [-0.05, 0) is 32.9 Å². The highest BCUT2D eigenvalue weighted by Gasteiger charge is 2.22. The third kappa shape index (κ3) is 4.56. The molecule has 4 heterocycles. The van der Waals surface area contributed by atoms with Crippen molar-refractivity contribution in [3.8, 4) is 0 Å². The Morgan fingerprint density at radius 3 is 2.71 bits per heavy atom. The number of amides is 1. The van der Waals surface area contributed by atoms with Crippen molar-refractivity contribution in [2.75, 3.05) is 29.9 Å². The van der Waals surface area contributed by atoms with E-state index in [9.17, 15) is 9.18 Å². The molecule has 1 amide bonds. The van der Waals surface area contributed by atoms with E-state index in [1.54, 1.807) is 36.0 Å². The summed E-state index contributed by atoms with van der Waals surface area (Å²) in [7, 11) is 0. The van der Waals surface area contributed by atoms with Crippen LogP contribution < -0.4 is 15.5 Å². The quantitative estimate of drug-likeness (QED) is 0.476. The van der Waals surface area contributed by atoms with E-state index in [0.29, 0.717) is 34.0 Å². The van der Waals surface area contributed by atoms with E-state index in [4.69, 9.17) is 0 Å². The number of anilines is 2. The fourth-order valence-electron chi connectivity index (χ4n) is 4.21. The summed E-state index contributed by atoms with van der Waals surface area (Å²) >= 11 is 0. The van der Waals surface area contributed by atoms with Gasteiger partial charge in [0.1, 0.15) is 11.0 Å². The maximum atomic E-state index is 14.4. The monoisotopic (exact) mass is 463 g/mol. The van der Waals surface area contributed by atoms with Crippen LogP contribution in [0.25, 0.3) is 16.7 Å². The minimum absolute atomic E-state index is 0.224. The zero-order chi connectivity index (χ0) is 24.4. The molecule has 1 aromatic carbocycles. The number of benzene rings is 1. The summed E-state index contributed by atoms with van der Waals surface area (Å²) in [5.41, 5.74) is 4.55. The summed E-state index contributed by atoms with van der Waals surface area (Å²) in [4.78, 5) is 28.8. The number of fused-ring (bicyclic) bond motifs is 2. The first-order valence-corrected chi connectivity index (χ1v) is 11.6. The van der Waals surface area contributed by atoms with Gasteiger partial charge < -0.3 is 19.9 Å². The molecule has 1 fully saturated rings. The second-order valence-corrected chi connectivity index (χ2v) is 8.29. The van der Waals surface area contributed by atoms with Crippen molar-refractivity contribution in [3.63, 3.8) is 0 Å². The molecule has 2 N–H and O–H groups in total. The molecule has 1 unspecified atom stereocenters. The number of hydrogen-bond acceptors (Lipinski definition) is 6. The number of aryl methyl sites for hydroxylation is 2. The average Bonchev–Trinajstić information content (AvgIpc) is 3.20. The Morgan fingerprint density at radius 2 is 1.94 bits per heavy atom. The number of carbonyl (C=O) groups excluding carboxylic acids is 1. The van der Waals surface area contributed by atoms with Crippen LogP contribution in [0.3, 0.4) is 0 Å². The summed E-state index contributed by atoms with van der Waals surface area (Å²) < 4.78 is 16.0. The molecule has 8 nitrogen and oxygen atoms in total. The lowest BCUT2D eigenvalue weighted by atomic mass is 10.1. The van der Waals surface area contributed by atoms with Gasteiger partial charge in [-0.25, -0.2) is 14.4 Å². The summed E-state index contributed by atoms with van der Waals surface area (Å²) in [5, 5.41) is 6.23. The summed E-state index contributed by atoms with van der Waals surface area (Å²) in [6.07, 6.45) is 5.07. The molecule has 1 aliphatic rings. The van der Waals surface area contributed by atoms with Gasteiger partial charge in [-0.3, -0.25) is 9.78 Å². The van der Waals surface area contributed by atoms with E-state index in [1.165, 1.54) is 6.07 Å². The molecule has 1 atom stereocenters. The first kappa shape index (κ1) is 23.6. The van der Waals surface area contributed by atoms with Gasteiger partial charge in [0, 0.05) is 50.3 Å². The minimum atomic E-state index is -0.500. The molecule has 0 saturated carbocycles. The smallest absolute Gasteiger partial charge is 0.257 e. The maximum Gasteiger partial charge on any atom is 0.257 e. The van der Waals surface area contributed by atoms with Crippen molar-refractivity contribution in [2.45, 2.75) is 40.7 Å². The normalized spacial score (nSPS) is 15.8. The Labute approximate surface area is 198 Å². The van der Waals surface area contributed by atoms with E-state index < -0.39 is 5.82 Å². The second-order valence-electron chi connectivity index (χ2n) is 8.29. The highest BCUT2D eigenvalue weighted by molar-refractivity contribution is 6.13. The van der Waals surface area contributed by atoms with Crippen molar-refractivity contribution in [1.29, 1.82) is 0 Å². The molecule has 1 saturated heterocycles. The van der Waals surface area contributed by atoms with Crippen molar-refractivity contribution < 1.29 is 9.18 Å². The van der Waals surface area contributed by atoms with Gasteiger partial charge in [-0.2, -0.15) is 0 Å². The Kier molecular flexibility index (Phi) is 6.74. The summed E-state index contributed by atoms with van der Waals surface area (Å²) in [6, 6.07) is 5.32. The topological polar surface area (TPSA) is 87.5 Å². The molecule has 1 aliphatic heterocycles. The Balaban J connectivity index is 0.00000133. The molecule has 0 bridgehead atoms. The molecule has 0 radical (unpaired) electrons. The second kappa shape index (κ2) is 9.72. The van der Waals surface area contributed by atoms with E-state index in [-0.39, 0.29) is 11.6 Å². The van der Waals surface area contributed by atoms with Crippen LogP contribution in [0.15, 0.2) is 36.8 Å². The Hall–Kier alpha value is -3.59. The fraction of sp³-hybridized carbons (Fsp3) is 0.360. The molecular weight excluding hydrogens is 433 g/mol. The number of aromatic nitrogens is 4. The standard InChI is InChI=1S/C23H24FN7O.C2H6/c1-13-9-26-21-19(30-7-6-25-14(2)10-30)5-4-17(20(21)27-13)23(32)29-16-8-18(24)22-28-15(3)11-31(22)12-16;1-2/h4-5,8-9,11-12,14,25H,6-7,10H2,1-3H3,(H,29,32);1-2H3.